The van der Waals surface area contributed by atoms with Gasteiger partial charge in [0.2, 0.25) is 0 Å². The molecule has 1 aromatic rings. The van der Waals surface area contributed by atoms with Crippen molar-refractivity contribution in [1.29, 1.82) is 0 Å². The van der Waals surface area contributed by atoms with Gasteiger partial charge in [-0.25, -0.2) is 0 Å². The van der Waals surface area contributed by atoms with Crippen LogP contribution >= 0.6 is 0 Å². The summed E-state index contributed by atoms with van der Waals surface area (Å²) in [5.74, 6) is 0.156. The van der Waals surface area contributed by atoms with Crippen LogP contribution in [0.3, 0.4) is 0 Å². The molecule has 2 atom stereocenters. The molecule has 0 saturated carbocycles. The summed E-state index contributed by atoms with van der Waals surface area (Å²) in [5.41, 5.74) is 9.23. The maximum Gasteiger partial charge on any atom is 0.141 e. The van der Waals surface area contributed by atoms with Crippen molar-refractivity contribution in [2.24, 2.45) is 11.7 Å². The molecule has 0 aliphatic carbocycles. The normalized spacial score (nSPS) is 14.6. The zero-order valence-electron chi connectivity index (χ0n) is 10.6. The van der Waals surface area contributed by atoms with Gasteiger partial charge < -0.3 is 5.73 Å². The molecule has 88 valence electrons. The molecule has 1 rings (SSSR count). The number of carbonyl (C=O) groups excluding carboxylic acids is 1. The Balaban J connectivity index is 2.80. The summed E-state index contributed by atoms with van der Waals surface area (Å²) >= 11 is 0. The van der Waals surface area contributed by atoms with Gasteiger partial charge in [-0.05, 0) is 31.9 Å². The van der Waals surface area contributed by atoms with E-state index >= 15 is 0 Å². The third-order valence-corrected chi connectivity index (χ3v) is 3.17. The van der Waals surface area contributed by atoms with Crippen LogP contribution in [0.1, 0.15) is 30.5 Å². The Morgan fingerprint density at radius 1 is 1.31 bits per heavy atom. The van der Waals surface area contributed by atoms with Crippen LogP contribution in [0.4, 0.5) is 0 Å². The van der Waals surface area contributed by atoms with E-state index in [2.05, 4.69) is 18.2 Å². The predicted molar refractivity (Wildman–Crippen MR) is 67.4 cm³/mol. The Bertz CT molecular complexity index is 382. The second-order valence-electron chi connectivity index (χ2n) is 4.72. The summed E-state index contributed by atoms with van der Waals surface area (Å²) in [7, 11) is 0. The standard InChI is InChI=1S/C14H21NO/c1-9-5-6-10(2)13(7-9)8-14(16)11(3)12(4)15/h5-7,11-12H,8,15H2,1-4H3. The largest absolute Gasteiger partial charge is 0.327 e. The molecule has 0 bridgehead atoms. The summed E-state index contributed by atoms with van der Waals surface area (Å²) in [4.78, 5) is 11.9. The van der Waals surface area contributed by atoms with E-state index in [1.165, 1.54) is 11.1 Å². The fourth-order valence-corrected chi connectivity index (χ4v) is 1.63. The first-order chi connectivity index (χ1) is 7.41. The predicted octanol–water partition coefficient (Wildman–Crippen LogP) is 2.40. The zero-order chi connectivity index (χ0) is 12.3. The molecular weight excluding hydrogens is 198 g/mol. The Morgan fingerprint density at radius 2 is 1.94 bits per heavy atom. The molecule has 0 saturated heterocycles. The monoisotopic (exact) mass is 219 g/mol. The summed E-state index contributed by atoms with van der Waals surface area (Å²) in [5, 5.41) is 0. The van der Waals surface area contributed by atoms with E-state index in [-0.39, 0.29) is 17.7 Å². The fourth-order valence-electron chi connectivity index (χ4n) is 1.63. The zero-order valence-corrected chi connectivity index (χ0v) is 10.6. The lowest BCUT2D eigenvalue weighted by Crippen LogP contribution is -2.31. The average molecular weight is 219 g/mol. The minimum Gasteiger partial charge on any atom is -0.327 e. The van der Waals surface area contributed by atoms with Gasteiger partial charge in [0.1, 0.15) is 5.78 Å². The highest BCUT2D eigenvalue weighted by Gasteiger charge is 2.17. The van der Waals surface area contributed by atoms with Crippen molar-refractivity contribution < 1.29 is 4.79 Å². The van der Waals surface area contributed by atoms with E-state index in [1.807, 2.05) is 27.7 Å². The first kappa shape index (κ1) is 12.9. The lowest BCUT2D eigenvalue weighted by Gasteiger charge is -2.15. The molecule has 2 unspecified atom stereocenters. The molecule has 2 nitrogen and oxygen atoms in total. The van der Waals surface area contributed by atoms with Crippen molar-refractivity contribution >= 4 is 5.78 Å². The van der Waals surface area contributed by atoms with Gasteiger partial charge in [-0.2, -0.15) is 0 Å². The first-order valence-corrected chi connectivity index (χ1v) is 5.76. The van der Waals surface area contributed by atoms with E-state index < -0.39 is 0 Å². The SMILES string of the molecule is Cc1ccc(C)c(CC(=O)C(C)C(C)N)c1. The van der Waals surface area contributed by atoms with Crippen LogP contribution < -0.4 is 5.73 Å². The lowest BCUT2D eigenvalue weighted by molar-refractivity contribution is -0.122. The quantitative estimate of drug-likeness (QED) is 0.845. The second-order valence-corrected chi connectivity index (χ2v) is 4.72. The maximum atomic E-state index is 11.9. The van der Waals surface area contributed by atoms with Gasteiger partial charge in [0, 0.05) is 18.4 Å². The second kappa shape index (κ2) is 5.26. The van der Waals surface area contributed by atoms with Crippen molar-refractivity contribution in [2.75, 3.05) is 0 Å². The van der Waals surface area contributed by atoms with Crippen LogP contribution in [0.2, 0.25) is 0 Å². The minimum absolute atomic E-state index is 0.0695. The van der Waals surface area contributed by atoms with Gasteiger partial charge in [0.05, 0.1) is 0 Å². The molecule has 0 fully saturated rings. The smallest absolute Gasteiger partial charge is 0.141 e. The van der Waals surface area contributed by atoms with Crippen molar-refractivity contribution in [1.82, 2.24) is 0 Å². The van der Waals surface area contributed by atoms with Gasteiger partial charge in [0.25, 0.3) is 0 Å². The number of ketones is 1. The van der Waals surface area contributed by atoms with Crippen LogP contribution in [0.5, 0.6) is 0 Å². The lowest BCUT2D eigenvalue weighted by atomic mass is 9.92. The highest BCUT2D eigenvalue weighted by atomic mass is 16.1. The summed E-state index contributed by atoms with van der Waals surface area (Å²) < 4.78 is 0. The van der Waals surface area contributed by atoms with E-state index in [0.717, 1.165) is 5.56 Å². The summed E-state index contributed by atoms with van der Waals surface area (Å²) in [6, 6.07) is 6.14. The molecule has 2 heteroatoms. The Morgan fingerprint density at radius 3 is 2.50 bits per heavy atom. The van der Waals surface area contributed by atoms with E-state index in [0.29, 0.717) is 6.42 Å². The van der Waals surface area contributed by atoms with Gasteiger partial charge in [-0.1, -0.05) is 30.7 Å². The average Bonchev–Trinajstić information content (AvgIpc) is 2.22. The summed E-state index contributed by atoms with van der Waals surface area (Å²) in [6.45, 7) is 7.87. The molecule has 0 aliphatic heterocycles. The first-order valence-electron chi connectivity index (χ1n) is 5.76. The number of carbonyl (C=O) groups is 1. The molecule has 1 aromatic carbocycles. The van der Waals surface area contributed by atoms with Crippen LogP contribution in [-0.2, 0) is 11.2 Å². The van der Waals surface area contributed by atoms with Gasteiger partial charge in [0.15, 0.2) is 0 Å². The van der Waals surface area contributed by atoms with Crippen LogP contribution in [0, 0.1) is 19.8 Å². The minimum atomic E-state index is -0.0717. The Hall–Kier alpha value is -1.15. The van der Waals surface area contributed by atoms with Crippen molar-refractivity contribution in [3.8, 4) is 0 Å². The number of aryl methyl sites for hydroxylation is 2. The number of benzene rings is 1. The van der Waals surface area contributed by atoms with E-state index in [4.69, 9.17) is 5.73 Å². The van der Waals surface area contributed by atoms with Crippen LogP contribution in [0.25, 0.3) is 0 Å². The third kappa shape index (κ3) is 3.17. The van der Waals surface area contributed by atoms with Crippen molar-refractivity contribution in [2.45, 2.75) is 40.2 Å². The molecule has 0 amide bonds. The van der Waals surface area contributed by atoms with E-state index in [9.17, 15) is 4.79 Å². The topological polar surface area (TPSA) is 43.1 Å². The number of nitrogens with two attached hydrogens (primary N) is 1. The molecule has 0 aromatic heterocycles. The molecule has 0 heterocycles. The van der Waals surface area contributed by atoms with E-state index in [1.54, 1.807) is 0 Å². The van der Waals surface area contributed by atoms with Crippen molar-refractivity contribution in [3.63, 3.8) is 0 Å². The molecule has 2 N–H and O–H groups in total. The molecule has 0 radical (unpaired) electrons. The number of hydrogen-bond acceptors (Lipinski definition) is 2. The number of hydrogen-bond donors (Lipinski definition) is 1. The highest BCUT2D eigenvalue weighted by Crippen LogP contribution is 2.14. The molecule has 0 aliphatic rings. The van der Waals surface area contributed by atoms with Crippen LogP contribution in [-0.4, -0.2) is 11.8 Å². The van der Waals surface area contributed by atoms with Crippen molar-refractivity contribution in [3.05, 3.63) is 34.9 Å². The third-order valence-electron chi connectivity index (χ3n) is 3.17. The molecule has 0 spiro atoms. The Kier molecular flexibility index (Phi) is 4.25. The Labute approximate surface area is 97.9 Å². The van der Waals surface area contributed by atoms with Gasteiger partial charge in [-0.3, -0.25) is 4.79 Å². The number of Topliss-reactive ketones (excluding diaryl/α,β-unsaturated/α-hetero) is 1. The molecule has 16 heavy (non-hydrogen) atoms. The maximum absolute atomic E-state index is 11.9. The highest BCUT2D eigenvalue weighted by molar-refractivity contribution is 5.83. The van der Waals surface area contributed by atoms with Gasteiger partial charge in [-0.15, -0.1) is 0 Å². The van der Waals surface area contributed by atoms with Crippen LogP contribution in [0.15, 0.2) is 18.2 Å². The molecular formula is C14H21NO. The fraction of sp³-hybridized carbons (Fsp3) is 0.500. The van der Waals surface area contributed by atoms with Gasteiger partial charge >= 0.3 is 0 Å². The summed E-state index contributed by atoms with van der Waals surface area (Å²) in [6.07, 6.45) is 0.496. The number of rotatable bonds is 4.